The summed E-state index contributed by atoms with van der Waals surface area (Å²) in [6, 6.07) is 32.0. The summed E-state index contributed by atoms with van der Waals surface area (Å²) in [4.78, 5) is 33.2. The highest BCUT2D eigenvalue weighted by atomic mass is 19.1. The second-order valence-corrected chi connectivity index (χ2v) is 10.5. The minimum atomic E-state index is -1.33. The molecule has 1 N–H and O–H groups in total. The number of halogens is 1. The fourth-order valence-corrected chi connectivity index (χ4v) is 5.56. The van der Waals surface area contributed by atoms with Crippen molar-refractivity contribution in [2.45, 2.75) is 44.2 Å². The van der Waals surface area contributed by atoms with Crippen molar-refractivity contribution in [3.8, 4) is 0 Å². The van der Waals surface area contributed by atoms with Crippen molar-refractivity contribution in [3.63, 3.8) is 0 Å². The van der Waals surface area contributed by atoms with Crippen LogP contribution in [0.15, 0.2) is 115 Å². The molecule has 0 spiro atoms. The topological polar surface area (TPSA) is 64.1 Å². The Morgan fingerprint density at radius 2 is 1.32 bits per heavy atom. The number of aliphatic hydroxyl groups is 1. The van der Waals surface area contributed by atoms with Gasteiger partial charge in [0.15, 0.2) is 0 Å². The van der Waals surface area contributed by atoms with Gasteiger partial charge in [-0.25, -0.2) is 9.18 Å². The molecule has 210 valence electrons. The van der Waals surface area contributed by atoms with Gasteiger partial charge < -0.3 is 10.0 Å². The number of carbonyl (C=O) groups excluding carboxylic acids is 2. The van der Waals surface area contributed by atoms with E-state index in [4.69, 9.17) is 0 Å². The molecular formula is C34H34FN3O3. The van der Waals surface area contributed by atoms with Gasteiger partial charge in [0.1, 0.15) is 18.0 Å². The molecule has 3 amide bonds. The molecule has 5 rings (SSSR count). The third kappa shape index (κ3) is 6.06. The molecule has 4 aromatic rings. The van der Waals surface area contributed by atoms with Gasteiger partial charge >= 0.3 is 6.03 Å². The van der Waals surface area contributed by atoms with Crippen LogP contribution in [0.1, 0.15) is 41.3 Å². The van der Waals surface area contributed by atoms with Crippen LogP contribution >= 0.6 is 0 Å². The fraction of sp³-hybridized carbons (Fsp3) is 0.235. The smallest absolute Gasteiger partial charge is 0.327 e. The van der Waals surface area contributed by atoms with Crippen LogP contribution < -0.4 is 0 Å². The van der Waals surface area contributed by atoms with Crippen molar-refractivity contribution in [3.05, 3.63) is 143 Å². The van der Waals surface area contributed by atoms with Crippen LogP contribution in [0, 0.1) is 5.82 Å². The van der Waals surface area contributed by atoms with Gasteiger partial charge in [-0.1, -0.05) is 103 Å². The summed E-state index contributed by atoms with van der Waals surface area (Å²) in [7, 11) is 1.69. The number of imide groups is 1. The summed E-state index contributed by atoms with van der Waals surface area (Å²) in [5, 5.41) is 11.9. The Bertz CT molecular complexity index is 1410. The lowest BCUT2D eigenvalue weighted by Crippen LogP contribution is -2.52. The van der Waals surface area contributed by atoms with E-state index >= 15 is 0 Å². The number of hydrogen-bond donors (Lipinski definition) is 1. The molecule has 4 atom stereocenters. The average Bonchev–Trinajstić information content (AvgIpc) is 3.22. The number of hydrogen-bond acceptors (Lipinski definition) is 4. The zero-order valence-electron chi connectivity index (χ0n) is 23.2. The molecule has 1 fully saturated rings. The zero-order valence-corrected chi connectivity index (χ0v) is 23.2. The van der Waals surface area contributed by atoms with Gasteiger partial charge in [-0.2, -0.15) is 0 Å². The fourth-order valence-electron chi connectivity index (χ4n) is 5.56. The highest BCUT2D eigenvalue weighted by molar-refractivity contribution is 5.99. The van der Waals surface area contributed by atoms with E-state index in [9.17, 15) is 19.1 Å². The van der Waals surface area contributed by atoms with Gasteiger partial charge in [-0.15, -0.1) is 0 Å². The van der Waals surface area contributed by atoms with Crippen molar-refractivity contribution in [1.82, 2.24) is 14.7 Å². The first-order chi connectivity index (χ1) is 19.8. The first-order valence-corrected chi connectivity index (χ1v) is 13.8. The van der Waals surface area contributed by atoms with E-state index in [1.54, 1.807) is 11.9 Å². The van der Waals surface area contributed by atoms with Crippen LogP contribution in [-0.4, -0.2) is 50.9 Å². The Balaban J connectivity index is 1.62. The number of amides is 3. The van der Waals surface area contributed by atoms with Crippen molar-refractivity contribution < 1.29 is 19.1 Å². The van der Waals surface area contributed by atoms with Crippen molar-refractivity contribution >= 4 is 11.9 Å². The van der Waals surface area contributed by atoms with E-state index in [-0.39, 0.29) is 6.04 Å². The maximum Gasteiger partial charge on any atom is 0.327 e. The lowest BCUT2D eigenvalue weighted by molar-refractivity contribution is -0.140. The maximum atomic E-state index is 14.7. The van der Waals surface area contributed by atoms with Crippen molar-refractivity contribution in [2.24, 2.45) is 0 Å². The summed E-state index contributed by atoms with van der Waals surface area (Å²) in [6.45, 7) is 2.60. The largest absolute Gasteiger partial charge is 0.386 e. The second-order valence-electron chi connectivity index (χ2n) is 10.5. The minimum absolute atomic E-state index is 0.283. The molecule has 0 radical (unpaired) electrons. The Labute approximate surface area is 240 Å². The summed E-state index contributed by atoms with van der Waals surface area (Å²) in [6.07, 6.45) is -1.33. The number of carbonyl (C=O) groups is 2. The summed E-state index contributed by atoms with van der Waals surface area (Å²) in [5.41, 5.74) is 3.12. The molecule has 7 heteroatoms. The van der Waals surface area contributed by atoms with Crippen LogP contribution in [0.4, 0.5) is 9.18 Å². The van der Waals surface area contributed by atoms with Crippen molar-refractivity contribution in [2.75, 3.05) is 7.05 Å². The van der Waals surface area contributed by atoms with Gasteiger partial charge in [-0.3, -0.25) is 14.6 Å². The molecule has 0 unspecified atom stereocenters. The molecule has 6 nitrogen and oxygen atoms in total. The third-order valence-corrected chi connectivity index (χ3v) is 7.85. The molecule has 0 aliphatic carbocycles. The van der Waals surface area contributed by atoms with E-state index in [0.717, 1.165) is 16.7 Å². The first kappa shape index (κ1) is 28.2. The second kappa shape index (κ2) is 12.5. The number of aliphatic hydroxyl groups excluding tert-OH is 1. The third-order valence-electron chi connectivity index (χ3n) is 7.85. The van der Waals surface area contributed by atoms with E-state index in [1.807, 2.05) is 103 Å². The molecular weight excluding hydrogens is 517 g/mol. The van der Waals surface area contributed by atoms with E-state index in [1.165, 1.54) is 29.2 Å². The van der Waals surface area contributed by atoms with Crippen molar-refractivity contribution in [1.29, 1.82) is 0 Å². The van der Waals surface area contributed by atoms with E-state index in [2.05, 4.69) is 0 Å². The highest BCUT2D eigenvalue weighted by Crippen LogP contribution is 2.37. The Morgan fingerprint density at radius 3 is 1.83 bits per heavy atom. The van der Waals surface area contributed by atoms with Gasteiger partial charge in [-0.05, 0) is 41.3 Å². The predicted octanol–water partition coefficient (Wildman–Crippen LogP) is 5.95. The molecule has 1 saturated heterocycles. The number of nitrogens with zero attached hydrogens (tertiary/aromatic N) is 3. The number of urea groups is 1. The number of likely N-dealkylation sites (N-methyl/N-ethyl adjacent to an activating group) is 1. The summed E-state index contributed by atoms with van der Waals surface area (Å²) >= 11 is 0. The first-order valence-electron chi connectivity index (χ1n) is 13.8. The Hall–Kier alpha value is -4.33. The summed E-state index contributed by atoms with van der Waals surface area (Å²) in [5.74, 6) is -0.952. The number of rotatable bonds is 9. The average molecular weight is 552 g/mol. The van der Waals surface area contributed by atoms with Gasteiger partial charge in [0.2, 0.25) is 0 Å². The van der Waals surface area contributed by atoms with E-state index < -0.39 is 35.9 Å². The molecule has 1 aliphatic rings. The Morgan fingerprint density at radius 1 is 0.829 bits per heavy atom. The van der Waals surface area contributed by atoms with Gasteiger partial charge in [0, 0.05) is 20.1 Å². The van der Waals surface area contributed by atoms with Gasteiger partial charge in [0.05, 0.1) is 12.1 Å². The molecule has 41 heavy (non-hydrogen) atoms. The SMILES string of the molecule is C[C@H]1[C@@H](c2ccccc2)N(C(=O)[C@@H]([C@@H](O)c2ccc(F)cc2)N(Cc2ccccc2)Cc2ccccc2)C(=O)N1C. The highest BCUT2D eigenvalue weighted by Gasteiger charge is 2.49. The standard InChI is InChI=1S/C34H34FN3O3/c1-24-30(27-16-10-5-11-17-27)38(34(41)36(24)2)33(40)31(32(39)28-18-20-29(35)21-19-28)37(22-25-12-6-3-7-13-25)23-26-14-8-4-9-15-26/h3-21,24,30-32,39H,22-23H2,1-2H3/t24-,30-,31+,32-/m0/s1. The van der Waals surface area contributed by atoms with Gasteiger partial charge in [0.25, 0.3) is 5.91 Å². The van der Waals surface area contributed by atoms with Crippen LogP contribution in [0.2, 0.25) is 0 Å². The lowest BCUT2D eigenvalue weighted by Gasteiger charge is -2.37. The quantitative estimate of drug-likeness (QED) is 0.279. The normalized spacial score (nSPS) is 18.5. The van der Waals surface area contributed by atoms with Crippen LogP contribution in [-0.2, 0) is 17.9 Å². The molecule has 0 bridgehead atoms. The molecule has 1 aliphatic heterocycles. The Kier molecular flexibility index (Phi) is 8.57. The number of benzene rings is 4. The minimum Gasteiger partial charge on any atom is -0.386 e. The molecule has 0 aromatic heterocycles. The molecule has 4 aromatic carbocycles. The van der Waals surface area contributed by atoms with Crippen LogP contribution in [0.5, 0.6) is 0 Å². The maximum absolute atomic E-state index is 14.7. The zero-order chi connectivity index (χ0) is 28.9. The predicted molar refractivity (Wildman–Crippen MR) is 156 cm³/mol. The molecule has 0 saturated carbocycles. The summed E-state index contributed by atoms with van der Waals surface area (Å²) < 4.78 is 13.8. The van der Waals surface area contributed by atoms with E-state index in [0.29, 0.717) is 18.7 Å². The lowest BCUT2D eigenvalue weighted by atomic mass is 9.95. The molecule has 1 heterocycles. The van der Waals surface area contributed by atoms with Crippen LogP contribution in [0.25, 0.3) is 0 Å². The monoisotopic (exact) mass is 551 g/mol. The van der Waals surface area contributed by atoms with Crippen LogP contribution in [0.3, 0.4) is 0 Å².